The number of Topliss-reactive ketones (excluding diaryl/α,β-unsaturated/α-hetero) is 1. The number of carbonyl (C=O) groups excluding carboxylic acids is 1. The summed E-state index contributed by atoms with van der Waals surface area (Å²) in [4.78, 5) is 69.4. The molecule has 3 aromatic carbocycles. The van der Waals surface area contributed by atoms with E-state index in [1.54, 1.807) is 65.9 Å². The van der Waals surface area contributed by atoms with Crippen LogP contribution >= 0.6 is 12.2 Å². The van der Waals surface area contributed by atoms with Crippen molar-refractivity contribution in [2.45, 2.75) is 154 Å². The summed E-state index contributed by atoms with van der Waals surface area (Å²) in [6.07, 6.45) is 8.66. The van der Waals surface area contributed by atoms with E-state index in [-0.39, 0.29) is 44.6 Å². The fourth-order valence-corrected chi connectivity index (χ4v) is 16.9. The number of fused-ring (bicyclic) bond motifs is 3. The van der Waals surface area contributed by atoms with Crippen LogP contribution in [0.3, 0.4) is 0 Å². The zero-order valence-electron chi connectivity index (χ0n) is 62.3. The first-order valence-electron chi connectivity index (χ1n) is 36.5. The Hall–Kier alpha value is -8.14. The van der Waals surface area contributed by atoms with Crippen molar-refractivity contribution in [1.82, 2.24) is 88.3 Å². The summed E-state index contributed by atoms with van der Waals surface area (Å²) in [5, 5.41) is 16.9. The number of hydrogen-bond acceptors (Lipinski definition) is 21. The molecule has 0 amide bonds. The van der Waals surface area contributed by atoms with Crippen LogP contribution in [-0.2, 0) is 60.5 Å². The third-order valence-electron chi connectivity index (χ3n) is 19.0. The number of ether oxygens (including phenoxy) is 3. The molecule has 3 atom stereocenters. The largest absolute Gasteiger partial charge is 0.493 e. The van der Waals surface area contributed by atoms with Crippen molar-refractivity contribution < 1.29 is 35.8 Å². The van der Waals surface area contributed by atoms with Crippen molar-refractivity contribution in [1.29, 1.82) is 0 Å². The average molecular weight is 1490 g/mol. The predicted octanol–water partition coefficient (Wildman–Crippen LogP) is 8.74. The van der Waals surface area contributed by atoms with Crippen LogP contribution in [-0.4, -0.2) is 211 Å². The summed E-state index contributed by atoms with van der Waals surface area (Å²) in [5.74, 6) is 2.75. The maximum absolute atomic E-state index is 13.5. The Labute approximate surface area is 613 Å². The molecule has 1 unspecified atom stereocenters. The quantitative estimate of drug-likeness (QED) is 0.0237. The second kappa shape index (κ2) is 34.8. The normalized spacial score (nSPS) is 17.1. The van der Waals surface area contributed by atoms with E-state index in [1.807, 2.05) is 48.6 Å². The van der Waals surface area contributed by atoms with E-state index in [9.17, 15) is 31.2 Å². The lowest BCUT2D eigenvalue weighted by atomic mass is 10.0. The highest BCUT2D eigenvalue weighted by molar-refractivity contribution is 7.89. The van der Waals surface area contributed by atoms with Gasteiger partial charge in [0.25, 0.3) is 11.1 Å². The van der Waals surface area contributed by atoms with Crippen molar-refractivity contribution in [2.24, 2.45) is 21.1 Å². The van der Waals surface area contributed by atoms with Crippen LogP contribution in [0.1, 0.15) is 135 Å². The van der Waals surface area contributed by atoms with Gasteiger partial charge >= 0.3 is 0 Å². The second-order valence-corrected chi connectivity index (χ2v) is 31.0. The highest BCUT2D eigenvalue weighted by atomic mass is 32.2. The Kier molecular flexibility index (Phi) is 26.3. The topological polar surface area (TPSA) is 324 Å². The van der Waals surface area contributed by atoms with E-state index >= 15 is 0 Å². The molecule has 12 rings (SSSR count). The molecule has 31 heteroatoms. The van der Waals surface area contributed by atoms with E-state index in [1.165, 1.54) is 21.1 Å². The van der Waals surface area contributed by atoms with Gasteiger partial charge in [-0.05, 0) is 147 Å². The molecule has 0 aliphatic carbocycles. The predicted molar refractivity (Wildman–Crippen MR) is 408 cm³/mol. The summed E-state index contributed by atoms with van der Waals surface area (Å²) in [7, 11) is -0.0693. The molecule has 562 valence electrons. The number of sulfonamides is 2. The number of ketones is 1. The van der Waals surface area contributed by atoms with E-state index < -0.39 is 20.0 Å². The van der Waals surface area contributed by atoms with Gasteiger partial charge in [0.2, 0.25) is 20.0 Å². The van der Waals surface area contributed by atoms with E-state index in [4.69, 9.17) is 36.4 Å². The molecule has 9 heterocycles. The first-order valence-corrected chi connectivity index (χ1v) is 39.8. The molecule has 28 nitrogen and oxygen atoms in total. The van der Waals surface area contributed by atoms with Gasteiger partial charge in [-0.25, -0.2) is 36.5 Å². The van der Waals surface area contributed by atoms with Gasteiger partial charge in [0.1, 0.15) is 51.3 Å². The number of hydrogen-bond donors (Lipinski definition) is 5. The number of carbonyl (C=O) groups is 1. The standard InChI is InChI=1S/C25H36N6O4S.C25H34N6O3.C23H32N6O3S2/c1-5-8-20-22-23(31(4)29-20)25(32)28-24(27-22)19-16-18(10-11-21(19)35-15-6-2)36(33,34)26-13-12-17-9-7-14-30(17)3;1-5-8-19-22-23(29(4)28-19)25(33)27-24(26-22)18-15-17(9-10-21(18)34-7-3)20(32)16-31-13-11-30(6-2)12-14-31;1-6-8-18-20-21(28(5)27-18)23(33)26-22(25-20)17-11-16(9-10-19(17)32-7-2)34(30,31)29-12-14(3)24-15(4)13-29/h10-11,16-17,26H,5-9,12-15H2,1-4H3,(H,27,28,32);9-10,15H,5-8,11-14,16H2,1-4H3,(H,26,27,33);9-11,14-15,24H,6-8,12-13H2,1-5H3,(H,25,26,33)/t;;14-,15+. The van der Waals surface area contributed by atoms with Gasteiger partial charge in [-0.2, -0.15) is 19.6 Å². The number of aromatic nitrogens is 12. The highest BCUT2D eigenvalue weighted by Gasteiger charge is 2.33. The molecule has 3 saturated heterocycles. The zero-order chi connectivity index (χ0) is 74.7. The average Bonchev–Trinajstić information content (AvgIpc) is 1.52. The van der Waals surface area contributed by atoms with Crippen LogP contribution in [0, 0.1) is 4.64 Å². The molecule has 0 spiro atoms. The summed E-state index contributed by atoms with van der Waals surface area (Å²) in [6.45, 7) is 26.8. The maximum atomic E-state index is 13.5. The summed E-state index contributed by atoms with van der Waals surface area (Å²) in [5.41, 5.74) is 7.54. The second-order valence-electron chi connectivity index (χ2n) is 26.9. The summed E-state index contributed by atoms with van der Waals surface area (Å²) in [6, 6.07) is 15.5. The fourth-order valence-electron chi connectivity index (χ4n) is 13.8. The Bertz CT molecular complexity index is 4930. The van der Waals surface area contributed by atoms with E-state index in [2.05, 4.69) is 87.8 Å². The lowest BCUT2D eigenvalue weighted by Crippen LogP contribution is -2.55. The van der Waals surface area contributed by atoms with Crippen molar-refractivity contribution in [3.05, 3.63) is 103 Å². The minimum Gasteiger partial charge on any atom is -0.493 e. The maximum Gasteiger partial charge on any atom is 0.277 e. The van der Waals surface area contributed by atoms with Gasteiger partial charge < -0.3 is 44.3 Å². The molecular formula is C73H102N18O10S3. The van der Waals surface area contributed by atoms with Crippen LogP contribution < -0.4 is 35.4 Å². The van der Waals surface area contributed by atoms with Crippen LogP contribution in [0.5, 0.6) is 17.2 Å². The number of aryl methyl sites for hydroxylation is 6. The number of aromatic amines is 3. The number of rotatable bonds is 27. The smallest absolute Gasteiger partial charge is 0.277 e. The van der Waals surface area contributed by atoms with E-state index in [0.29, 0.717) is 136 Å². The van der Waals surface area contributed by atoms with Crippen LogP contribution in [0.25, 0.3) is 67.3 Å². The number of nitrogens with one attached hydrogen (secondary N) is 5. The van der Waals surface area contributed by atoms with Gasteiger partial charge in [0.05, 0.1) is 75.4 Å². The summed E-state index contributed by atoms with van der Waals surface area (Å²) < 4.78 is 80.5. The molecule has 6 aromatic heterocycles. The Morgan fingerprint density at radius 1 is 0.596 bits per heavy atom. The SMILES string of the molecule is CCCOc1ccc(S(=O)(=O)NCCC2CCCN2C)cc1-c1nc2c(CCC)nn(C)c2c(=O)[nH]1.CCCc1nn(C)c2c(=O)[nH]c(-c3cc(C(=O)CN4CCN(CC)CC4)ccc3OCC)nc12.CCCc1nn(C)c2c(=S)nc(-c3cc(S(=O)(=O)N4C[C@@H](C)N[C@@H](C)C4)ccc3OCC)[nH]c12. The highest BCUT2D eigenvalue weighted by Crippen LogP contribution is 2.36. The number of nitrogens with zero attached hydrogens (tertiary/aromatic N) is 13. The lowest BCUT2D eigenvalue weighted by Gasteiger charge is -2.35. The number of likely N-dealkylation sites (N-methyl/N-ethyl adjacent to an activating group) is 1. The Morgan fingerprint density at radius 2 is 1.10 bits per heavy atom. The molecule has 0 radical (unpaired) electrons. The van der Waals surface area contributed by atoms with Crippen LogP contribution in [0.15, 0.2) is 74.0 Å². The molecule has 9 aromatic rings. The summed E-state index contributed by atoms with van der Waals surface area (Å²) >= 11 is 5.60. The van der Waals surface area contributed by atoms with Gasteiger partial charge in [0, 0.05) is 90.6 Å². The van der Waals surface area contributed by atoms with E-state index in [0.717, 1.165) is 125 Å². The number of piperazine rings is 2. The Balaban J connectivity index is 0.000000168. The van der Waals surface area contributed by atoms with Crippen molar-refractivity contribution in [2.75, 3.05) is 92.3 Å². The molecule has 104 heavy (non-hydrogen) atoms. The minimum absolute atomic E-state index is 0.0470. The van der Waals surface area contributed by atoms with Gasteiger partial charge in [0.15, 0.2) is 21.5 Å². The van der Waals surface area contributed by atoms with Gasteiger partial charge in [-0.15, -0.1) is 0 Å². The van der Waals surface area contributed by atoms with Gasteiger partial charge in [-0.1, -0.05) is 66.1 Å². The third-order valence-corrected chi connectivity index (χ3v) is 22.6. The fraction of sp³-hybridized carbons (Fsp3) is 0.534. The first kappa shape index (κ1) is 78.4. The van der Waals surface area contributed by atoms with Crippen LogP contribution in [0.2, 0.25) is 0 Å². The number of likely N-dealkylation sites (tertiary alicyclic amines) is 1. The lowest BCUT2D eigenvalue weighted by molar-refractivity contribution is 0.0859. The number of benzene rings is 3. The molecular weight excluding hydrogens is 1390 g/mol. The molecule has 0 bridgehead atoms. The number of H-pyrrole nitrogens is 3. The third kappa shape index (κ3) is 17.9. The molecule has 3 fully saturated rings. The first-order chi connectivity index (χ1) is 49.8. The molecule has 5 N–H and O–H groups in total. The van der Waals surface area contributed by atoms with Crippen molar-refractivity contribution >= 4 is 71.1 Å². The minimum atomic E-state index is -3.76. The monoisotopic (exact) mass is 1490 g/mol. The molecule has 0 saturated carbocycles. The van der Waals surface area contributed by atoms with Gasteiger partial charge in [-0.3, -0.25) is 33.3 Å². The van der Waals surface area contributed by atoms with Crippen molar-refractivity contribution in [3.63, 3.8) is 0 Å². The van der Waals surface area contributed by atoms with Crippen LogP contribution in [0.4, 0.5) is 0 Å². The Morgan fingerprint density at radius 3 is 1.63 bits per heavy atom. The van der Waals surface area contributed by atoms with Crippen molar-refractivity contribution in [3.8, 4) is 51.4 Å². The molecule has 3 aliphatic rings. The molecule has 3 aliphatic heterocycles. The zero-order valence-corrected chi connectivity index (χ0v) is 64.8.